The topological polar surface area (TPSA) is 37.4 Å². The Hall–Kier alpha value is -0.490. The van der Waals surface area contributed by atoms with Crippen molar-refractivity contribution in [3.05, 3.63) is 15.6 Å². The van der Waals surface area contributed by atoms with Gasteiger partial charge in [-0.2, -0.15) is 0 Å². The maximum absolute atomic E-state index is 5.79. The zero-order chi connectivity index (χ0) is 12.3. The molecule has 96 valence electrons. The van der Waals surface area contributed by atoms with Crippen LogP contribution in [0.25, 0.3) is 0 Å². The summed E-state index contributed by atoms with van der Waals surface area (Å²) in [5, 5.41) is 4.48. The van der Waals surface area contributed by atoms with Crippen LogP contribution in [-0.4, -0.2) is 43.2 Å². The summed E-state index contributed by atoms with van der Waals surface area (Å²) in [6, 6.07) is 0. The normalized spacial score (nSPS) is 21.9. The quantitative estimate of drug-likeness (QED) is 0.886. The minimum absolute atomic E-state index is 0.160. The van der Waals surface area contributed by atoms with Gasteiger partial charge in [0.1, 0.15) is 11.1 Å². The van der Waals surface area contributed by atoms with Gasteiger partial charge in [-0.15, -0.1) is 11.3 Å². The molecular formula is C12H21N3OS. The second kappa shape index (κ2) is 5.91. The first-order valence-corrected chi connectivity index (χ1v) is 6.99. The minimum atomic E-state index is 0.160. The summed E-state index contributed by atoms with van der Waals surface area (Å²) in [4.78, 5) is 8.28. The third kappa shape index (κ3) is 3.25. The second-order valence-electron chi connectivity index (χ2n) is 4.46. The molecule has 0 amide bonds. The highest BCUT2D eigenvalue weighted by Crippen LogP contribution is 2.28. The highest BCUT2D eigenvalue weighted by Gasteiger charge is 2.23. The molecule has 0 spiro atoms. The SMILES string of the molecule is CCNCc1sc(C2CN(C)CCO2)nc1C. The number of morpholine rings is 1. The number of hydrogen-bond acceptors (Lipinski definition) is 5. The second-order valence-corrected chi connectivity index (χ2v) is 5.58. The number of rotatable bonds is 4. The van der Waals surface area contributed by atoms with Crippen molar-refractivity contribution < 1.29 is 4.74 Å². The Balaban J connectivity index is 2.05. The average Bonchev–Trinajstić information content (AvgIpc) is 2.68. The van der Waals surface area contributed by atoms with Gasteiger partial charge in [-0.25, -0.2) is 4.98 Å². The van der Waals surface area contributed by atoms with E-state index in [1.54, 1.807) is 11.3 Å². The Morgan fingerprint density at radius 1 is 1.59 bits per heavy atom. The lowest BCUT2D eigenvalue weighted by Gasteiger charge is -2.28. The number of thiazole rings is 1. The van der Waals surface area contributed by atoms with Gasteiger partial charge in [-0.1, -0.05) is 6.92 Å². The zero-order valence-corrected chi connectivity index (χ0v) is 11.6. The molecule has 1 N–H and O–H groups in total. The van der Waals surface area contributed by atoms with Crippen molar-refractivity contribution in [2.24, 2.45) is 0 Å². The van der Waals surface area contributed by atoms with Crippen molar-refractivity contribution in [1.82, 2.24) is 15.2 Å². The fraction of sp³-hybridized carbons (Fsp3) is 0.750. The molecule has 17 heavy (non-hydrogen) atoms. The van der Waals surface area contributed by atoms with Crippen LogP contribution in [-0.2, 0) is 11.3 Å². The molecule has 1 aromatic rings. The third-order valence-corrected chi connectivity index (χ3v) is 4.24. The van der Waals surface area contributed by atoms with Crippen LogP contribution < -0.4 is 5.32 Å². The van der Waals surface area contributed by atoms with Gasteiger partial charge in [0, 0.05) is 24.5 Å². The van der Waals surface area contributed by atoms with E-state index in [1.807, 2.05) is 0 Å². The lowest BCUT2D eigenvalue weighted by molar-refractivity contribution is -0.0210. The largest absolute Gasteiger partial charge is 0.368 e. The molecule has 1 saturated heterocycles. The molecule has 1 aliphatic heterocycles. The van der Waals surface area contributed by atoms with E-state index in [0.29, 0.717) is 0 Å². The monoisotopic (exact) mass is 255 g/mol. The summed E-state index contributed by atoms with van der Waals surface area (Å²) in [5.74, 6) is 0. The van der Waals surface area contributed by atoms with Crippen LogP contribution in [0.3, 0.4) is 0 Å². The highest BCUT2D eigenvalue weighted by atomic mass is 32.1. The Labute approximate surface area is 107 Å². The summed E-state index contributed by atoms with van der Waals surface area (Å²) in [6.45, 7) is 8.90. The molecule has 0 aliphatic carbocycles. The van der Waals surface area contributed by atoms with Crippen molar-refractivity contribution in [3.63, 3.8) is 0 Å². The molecule has 1 aromatic heterocycles. The molecule has 1 aliphatic rings. The van der Waals surface area contributed by atoms with Gasteiger partial charge in [0.25, 0.3) is 0 Å². The molecule has 1 atom stereocenters. The van der Waals surface area contributed by atoms with Crippen LogP contribution in [0.4, 0.5) is 0 Å². The third-order valence-electron chi connectivity index (χ3n) is 2.99. The lowest BCUT2D eigenvalue weighted by atomic mass is 10.3. The van der Waals surface area contributed by atoms with Gasteiger partial charge in [0.2, 0.25) is 0 Å². The van der Waals surface area contributed by atoms with Crippen molar-refractivity contribution in [2.75, 3.05) is 33.3 Å². The highest BCUT2D eigenvalue weighted by molar-refractivity contribution is 7.11. The minimum Gasteiger partial charge on any atom is -0.368 e. The molecule has 0 radical (unpaired) electrons. The number of ether oxygens (including phenoxy) is 1. The van der Waals surface area contributed by atoms with Gasteiger partial charge in [0.15, 0.2) is 0 Å². The Bertz CT molecular complexity index is 367. The van der Waals surface area contributed by atoms with E-state index in [1.165, 1.54) is 4.88 Å². The van der Waals surface area contributed by atoms with Crippen LogP contribution >= 0.6 is 11.3 Å². The van der Waals surface area contributed by atoms with Crippen LogP contribution in [0.15, 0.2) is 0 Å². The fourth-order valence-corrected chi connectivity index (χ4v) is 2.99. The molecule has 5 heteroatoms. The molecule has 0 bridgehead atoms. The van der Waals surface area contributed by atoms with Gasteiger partial charge in [0.05, 0.1) is 12.3 Å². The number of nitrogens with zero attached hydrogens (tertiary/aromatic N) is 2. The zero-order valence-electron chi connectivity index (χ0n) is 10.8. The maximum Gasteiger partial charge on any atom is 0.123 e. The van der Waals surface area contributed by atoms with Crippen LogP contribution in [0.5, 0.6) is 0 Å². The van der Waals surface area contributed by atoms with Crippen LogP contribution in [0, 0.1) is 6.92 Å². The van der Waals surface area contributed by atoms with Gasteiger partial charge < -0.3 is 15.0 Å². The number of hydrogen-bond donors (Lipinski definition) is 1. The van der Waals surface area contributed by atoms with Crippen molar-refractivity contribution in [2.45, 2.75) is 26.5 Å². The molecular weight excluding hydrogens is 234 g/mol. The molecule has 0 saturated carbocycles. The predicted octanol–water partition coefficient (Wildman–Crippen LogP) is 1.56. The Morgan fingerprint density at radius 2 is 2.41 bits per heavy atom. The summed E-state index contributed by atoms with van der Waals surface area (Å²) >= 11 is 1.78. The van der Waals surface area contributed by atoms with E-state index in [2.05, 4.69) is 36.1 Å². The van der Waals surface area contributed by atoms with Gasteiger partial charge >= 0.3 is 0 Å². The molecule has 1 fully saturated rings. The van der Waals surface area contributed by atoms with E-state index >= 15 is 0 Å². The Kier molecular flexibility index (Phi) is 4.50. The number of aromatic nitrogens is 1. The number of likely N-dealkylation sites (N-methyl/N-ethyl adjacent to an activating group) is 1. The van der Waals surface area contributed by atoms with E-state index in [9.17, 15) is 0 Å². The first-order valence-electron chi connectivity index (χ1n) is 6.17. The van der Waals surface area contributed by atoms with Gasteiger partial charge in [-0.05, 0) is 20.5 Å². The standard InChI is InChI=1S/C12H21N3OS/c1-4-13-7-11-9(2)14-12(17-11)10-8-15(3)5-6-16-10/h10,13H,4-8H2,1-3H3. The first-order chi connectivity index (χ1) is 8.20. The van der Waals surface area contributed by atoms with Crippen molar-refractivity contribution in [1.29, 1.82) is 0 Å². The smallest absolute Gasteiger partial charge is 0.123 e. The number of aryl methyl sites for hydroxylation is 1. The lowest BCUT2D eigenvalue weighted by Crippen LogP contribution is -2.35. The number of nitrogens with one attached hydrogen (secondary N) is 1. The van der Waals surface area contributed by atoms with Crippen LogP contribution in [0.1, 0.15) is 28.6 Å². The molecule has 4 nitrogen and oxygen atoms in total. The van der Waals surface area contributed by atoms with Crippen LogP contribution in [0.2, 0.25) is 0 Å². The van der Waals surface area contributed by atoms with Crippen molar-refractivity contribution >= 4 is 11.3 Å². The summed E-state index contributed by atoms with van der Waals surface area (Å²) in [5.41, 5.74) is 1.14. The fourth-order valence-electron chi connectivity index (χ4n) is 1.92. The Morgan fingerprint density at radius 3 is 3.12 bits per heavy atom. The van der Waals surface area contributed by atoms with Crippen molar-refractivity contribution in [3.8, 4) is 0 Å². The first kappa shape index (κ1) is 13.0. The molecule has 2 heterocycles. The molecule has 2 rings (SSSR count). The van der Waals surface area contributed by atoms with Gasteiger partial charge in [-0.3, -0.25) is 0 Å². The van der Waals surface area contributed by atoms with E-state index < -0.39 is 0 Å². The van der Waals surface area contributed by atoms with E-state index in [4.69, 9.17) is 4.74 Å². The average molecular weight is 255 g/mol. The molecule has 1 unspecified atom stereocenters. The summed E-state index contributed by atoms with van der Waals surface area (Å²) in [7, 11) is 2.13. The van der Waals surface area contributed by atoms with E-state index in [-0.39, 0.29) is 6.10 Å². The summed E-state index contributed by atoms with van der Waals surface area (Å²) in [6.07, 6.45) is 0.160. The van der Waals surface area contributed by atoms with E-state index in [0.717, 1.165) is 43.5 Å². The predicted molar refractivity (Wildman–Crippen MR) is 70.4 cm³/mol. The maximum atomic E-state index is 5.79. The molecule has 0 aromatic carbocycles. The summed E-state index contributed by atoms with van der Waals surface area (Å²) < 4.78 is 5.79.